The molecule has 0 bridgehead atoms. The van der Waals surface area contributed by atoms with Crippen molar-refractivity contribution in [2.75, 3.05) is 13.7 Å². The van der Waals surface area contributed by atoms with Gasteiger partial charge in [0.25, 0.3) is 0 Å². The molecule has 86 valence electrons. The molecule has 0 aliphatic heterocycles. The van der Waals surface area contributed by atoms with Crippen LogP contribution in [0.1, 0.15) is 12.5 Å². The van der Waals surface area contributed by atoms with Gasteiger partial charge in [0.15, 0.2) is 11.5 Å². The van der Waals surface area contributed by atoms with Crippen LogP contribution in [0.3, 0.4) is 0 Å². The Morgan fingerprint density at radius 3 is 2.94 bits per heavy atom. The van der Waals surface area contributed by atoms with Crippen molar-refractivity contribution in [3.05, 3.63) is 23.8 Å². The standard InChI is InChI=1S/C12H16N2O2/c1-9(6-13)7-14-8-10-4-3-5-11(16-2)12(10)15/h3-5,9,14-15H,7-8H2,1-2H3. The zero-order chi connectivity index (χ0) is 12.0. The monoisotopic (exact) mass is 220 g/mol. The van der Waals surface area contributed by atoms with E-state index in [1.807, 2.05) is 19.1 Å². The molecule has 4 nitrogen and oxygen atoms in total. The molecule has 2 N–H and O–H groups in total. The Morgan fingerprint density at radius 1 is 1.56 bits per heavy atom. The fourth-order valence-electron chi connectivity index (χ4n) is 1.34. The molecule has 16 heavy (non-hydrogen) atoms. The van der Waals surface area contributed by atoms with Crippen LogP contribution in [0.5, 0.6) is 11.5 Å². The number of aromatic hydroxyl groups is 1. The minimum atomic E-state index is -0.0345. The third-order valence-electron chi connectivity index (χ3n) is 2.29. The largest absolute Gasteiger partial charge is 0.504 e. The van der Waals surface area contributed by atoms with Gasteiger partial charge in [-0.2, -0.15) is 5.26 Å². The maximum Gasteiger partial charge on any atom is 0.162 e. The molecule has 4 heteroatoms. The lowest BCUT2D eigenvalue weighted by molar-refractivity contribution is 0.369. The van der Waals surface area contributed by atoms with Gasteiger partial charge in [-0.1, -0.05) is 12.1 Å². The van der Waals surface area contributed by atoms with Crippen molar-refractivity contribution in [1.29, 1.82) is 5.26 Å². The minimum absolute atomic E-state index is 0.0345. The lowest BCUT2D eigenvalue weighted by Gasteiger charge is -2.10. The third-order valence-corrected chi connectivity index (χ3v) is 2.29. The van der Waals surface area contributed by atoms with Gasteiger partial charge < -0.3 is 15.2 Å². The first-order valence-corrected chi connectivity index (χ1v) is 5.14. The lowest BCUT2D eigenvalue weighted by Crippen LogP contribution is -2.19. The number of para-hydroxylation sites is 1. The van der Waals surface area contributed by atoms with Crippen LogP contribution in [-0.2, 0) is 6.54 Å². The van der Waals surface area contributed by atoms with Crippen molar-refractivity contribution in [1.82, 2.24) is 5.32 Å². The molecule has 0 saturated carbocycles. The summed E-state index contributed by atoms with van der Waals surface area (Å²) < 4.78 is 5.00. The fraction of sp³-hybridized carbons (Fsp3) is 0.417. The van der Waals surface area contributed by atoms with Crippen LogP contribution in [0.25, 0.3) is 0 Å². The van der Waals surface area contributed by atoms with Gasteiger partial charge in [-0.05, 0) is 13.0 Å². The number of phenols is 1. The molecule has 0 fully saturated rings. The SMILES string of the molecule is COc1cccc(CNCC(C)C#N)c1O. The summed E-state index contributed by atoms with van der Waals surface area (Å²) in [5.41, 5.74) is 0.768. The summed E-state index contributed by atoms with van der Waals surface area (Å²) in [4.78, 5) is 0. The van der Waals surface area contributed by atoms with Gasteiger partial charge in [-0.25, -0.2) is 0 Å². The van der Waals surface area contributed by atoms with E-state index >= 15 is 0 Å². The van der Waals surface area contributed by atoms with Crippen molar-refractivity contribution < 1.29 is 9.84 Å². The van der Waals surface area contributed by atoms with Gasteiger partial charge in [-0.3, -0.25) is 0 Å². The summed E-state index contributed by atoms with van der Waals surface area (Å²) in [6, 6.07) is 7.49. The molecule has 0 aliphatic carbocycles. The third kappa shape index (κ3) is 3.14. The van der Waals surface area contributed by atoms with E-state index in [2.05, 4.69) is 11.4 Å². The summed E-state index contributed by atoms with van der Waals surface area (Å²) in [6.07, 6.45) is 0. The van der Waals surface area contributed by atoms with Crippen LogP contribution < -0.4 is 10.1 Å². The number of hydrogen-bond acceptors (Lipinski definition) is 4. The summed E-state index contributed by atoms with van der Waals surface area (Å²) >= 11 is 0. The van der Waals surface area contributed by atoms with E-state index in [0.717, 1.165) is 5.56 Å². The first-order valence-electron chi connectivity index (χ1n) is 5.14. The van der Waals surface area contributed by atoms with Crippen molar-refractivity contribution in [2.45, 2.75) is 13.5 Å². The smallest absolute Gasteiger partial charge is 0.162 e. The van der Waals surface area contributed by atoms with E-state index in [-0.39, 0.29) is 11.7 Å². The number of phenolic OH excluding ortho intramolecular Hbond substituents is 1. The Balaban J connectivity index is 2.58. The zero-order valence-corrected chi connectivity index (χ0v) is 9.53. The number of benzene rings is 1. The predicted octanol–water partition coefficient (Wildman–Crippen LogP) is 1.65. The van der Waals surface area contributed by atoms with E-state index in [0.29, 0.717) is 18.8 Å². The van der Waals surface area contributed by atoms with Crippen molar-refractivity contribution in [3.63, 3.8) is 0 Å². The predicted molar refractivity (Wildman–Crippen MR) is 61.1 cm³/mol. The number of methoxy groups -OCH3 is 1. The number of hydrogen-bond donors (Lipinski definition) is 2. The molecular formula is C12H16N2O2. The maximum atomic E-state index is 9.78. The number of nitriles is 1. The number of nitrogens with zero attached hydrogens (tertiary/aromatic N) is 1. The molecule has 0 heterocycles. The molecule has 0 amide bonds. The number of rotatable bonds is 5. The molecule has 1 aromatic rings. The fourth-order valence-corrected chi connectivity index (χ4v) is 1.34. The molecule has 1 aromatic carbocycles. The van der Waals surface area contributed by atoms with Gasteiger partial charge in [0.1, 0.15) is 0 Å². The molecule has 1 atom stereocenters. The second-order valence-corrected chi connectivity index (χ2v) is 3.63. The molecule has 1 unspecified atom stereocenters. The lowest BCUT2D eigenvalue weighted by atomic mass is 10.1. The number of nitrogens with one attached hydrogen (secondary N) is 1. The first-order chi connectivity index (χ1) is 7.69. The van der Waals surface area contributed by atoms with Crippen molar-refractivity contribution in [3.8, 4) is 17.6 Å². The van der Waals surface area contributed by atoms with Gasteiger partial charge >= 0.3 is 0 Å². The Hall–Kier alpha value is -1.73. The molecule has 0 aliphatic rings. The highest BCUT2D eigenvalue weighted by Crippen LogP contribution is 2.28. The second kappa shape index (κ2) is 5.99. The van der Waals surface area contributed by atoms with Crippen LogP contribution >= 0.6 is 0 Å². The van der Waals surface area contributed by atoms with Crippen LogP contribution in [0.2, 0.25) is 0 Å². The van der Waals surface area contributed by atoms with Crippen LogP contribution in [-0.4, -0.2) is 18.8 Å². The highest BCUT2D eigenvalue weighted by molar-refractivity contribution is 5.45. The molecular weight excluding hydrogens is 204 g/mol. The zero-order valence-electron chi connectivity index (χ0n) is 9.53. The summed E-state index contributed by atoms with van der Waals surface area (Å²) in [7, 11) is 1.52. The topological polar surface area (TPSA) is 65.3 Å². The van der Waals surface area contributed by atoms with Gasteiger partial charge in [0.2, 0.25) is 0 Å². The summed E-state index contributed by atoms with van der Waals surface area (Å²) in [5.74, 6) is 0.586. The van der Waals surface area contributed by atoms with Crippen LogP contribution in [0.15, 0.2) is 18.2 Å². The van der Waals surface area contributed by atoms with E-state index < -0.39 is 0 Å². The van der Waals surface area contributed by atoms with Gasteiger partial charge in [0.05, 0.1) is 19.1 Å². The van der Waals surface area contributed by atoms with Crippen LogP contribution in [0, 0.1) is 17.2 Å². The summed E-state index contributed by atoms with van der Waals surface area (Å²) in [6.45, 7) is 2.97. The van der Waals surface area contributed by atoms with E-state index in [1.165, 1.54) is 7.11 Å². The van der Waals surface area contributed by atoms with E-state index in [9.17, 15) is 5.11 Å². The average Bonchev–Trinajstić information content (AvgIpc) is 2.31. The average molecular weight is 220 g/mol. The highest BCUT2D eigenvalue weighted by Gasteiger charge is 2.07. The molecule has 0 saturated heterocycles. The van der Waals surface area contributed by atoms with E-state index in [4.69, 9.17) is 10.00 Å². The minimum Gasteiger partial charge on any atom is -0.504 e. The van der Waals surface area contributed by atoms with Crippen molar-refractivity contribution >= 4 is 0 Å². The Bertz CT molecular complexity index is 385. The maximum absolute atomic E-state index is 9.78. The van der Waals surface area contributed by atoms with Crippen LogP contribution in [0.4, 0.5) is 0 Å². The van der Waals surface area contributed by atoms with Gasteiger partial charge in [-0.15, -0.1) is 0 Å². The molecule has 0 radical (unpaired) electrons. The first kappa shape index (κ1) is 12.3. The summed E-state index contributed by atoms with van der Waals surface area (Å²) in [5, 5.41) is 21.5. The Kier molecular flexibility index (Phi) is 4.62. The molecule has 0 spiro atoms. The van der Waals surface area contributed by atoms with Gasteiger partial charge in [0, 0.05) is 18.7 Å². The Labute approximate surface area is 95.5 Å². The molecule has 0 aromatic heterocycles. The quantitative estimate of drug-likeness (QED) is 0.792. The van der Waals surface area contributed by atoms with E-state index in [1.54, 1.807) is 6.07 Å². The second-order valence-electron chi connectivity index (χ2n) is 3.63. The molecule has 1 rings (SSSR count). The van der Waals surface area contributed by atoms with Crippen molar-refractivity contribution in [2.24, 2.45) is 5.92 Å². The normalized spacial score (nSPS) is 11.8. The number of ether oxygens (including phenoxy) is 1. The highest BCUT2D eigenvalue weighted by atomic mass is 16.5. The Morgan fingerprint density at radius 2 is 2.31 bits per heavy atom.